The predicted molar refractivity (Wildman–Crippen MR) is 97.3 cm³/mol. The number of hydrogen-bond donors (Lipinski definition) is 1. The number of hydrogen-bond acceptors (Lipinski definition) is 5. The molecule has 0 aliphatic carbocycles. The third-order valence-electron chi connectivity index (χ3n) is 5.35. The number of aromatic nitrogens is 1. The second-order valence-corrected chi connectivity index (χ2v) is 7.03. The van der Waals surface area contributed by atoms with Crippen LogP contribution in [0.3, 0.4) is 0 Å². The average molecular weight is 355 g/mol. The predicted octanol–water partition coefficient (Wildman–Crippen LogP) is 1.15. The first-order valence-electron chi connectivity index (χ1n) is 9.27. The number of piperidine rings is 1. The lowest BCUT2D eigenvalue weighted by Gasteiger charge is -2.33. The maximum absolute atomic E-state index is 12.3. The Bertz CT molecular complexity index is 689. The van der Waals surface area contributed by atoms with E-state index in [1.165, 1.54) is 0 Å². The monoisotopic (exact) mass is 355 g/mol. The largest absolute Gasteiger partial charge is 0.357 e. The van der Waals surface area contributed by atoms with Gasteiger partial charge in [-0.3, -0.25) is 9.59 Å². The summed E-state index contributed by atoms with van der Waals surface area (Å²) in [4.78, 5) is 32.4. The van der Waals surface area contributed by atoms with Crippen molar-refractivity contribution in [2.75, 3.05) is 37.6 Å². The summed E-state index contributed by atoms with van der Waals surface area (Å²) in [6.07, 6.45) is 3.92. The summed E-state index contributed by atoms with van der Waals surface area (Å²) in [6.45, 7) is 5.61. The Balaban J connectivity index is 1.42. The molecule has 7 heteroatoms. The van der Waals surface area contributed by atoms with Crippen LogP contribution in [0.2, 0.25) is 0 Å². The normalized spacial score (nSPS) is 20.9. The fourth-order valence-corrected chi connectivity index (χ4v) is 3.65. The highest BCUT2D eigenvalue weighted by Crippen LogP contribution is 2.22. The first kappa shape index (κ1) is 18.2. The lowest BCUT2D eigenvalue weighted by molar-refractivity contribution is -0.128. The van der Waals surface area contributed by atoms with E-state index in [1.807, 2.05) is 13.0 Å². The fourth-order valence-electron chi connectivity index (χ4n) is 3.65. The number of likely N-dealkylation sites (tertiary alicyclic amines) is 1. The summed E-state index contributed by atoms with van der Waals surface area (Å²) < 4.78 is 0. The van der Waals surface area contributed by atoms with Crippen LogP contribution in [0.4, 0.5) is 5.82 Å². The highest BCUT2D eigenvalue weighted by molar-refractivity contribution is 5.89. The van der Waals surface area contributed by atoms with Crippen molar-refractivity contribution < 1.29 is 9.59 Å². The van der Waals surface area contributed by atoms with Crippen LogP contribution in [-0.2, 0) is 9.59 Å². The first-order valence-corrected chi connectivity index (χ1v) is 9.27. The number of rotatable bonds is 5. The number of nitrogens with one attached hydrogen (secondary N) is 1. The molecule has 2 saturated heterocycles. The van der Waals surface area contributed by atoms with Gasteiger partial charge in [0.15, 0.2) is 0 Å². The molecule has 0 spiro atoms. The van der Waals surface area contributed by atoms with E-state index in [1.54, 1.807) is 17.2 Å². The molecule has 1 aromatic rings. The van der Waals surface area contributed by atoms with Crippen LogP contribution in [0.5, 0.6) is 0 Å². The molecule has 2 amide bonds. The summed E-state index contributed by atoms with van der Waals surface area (Å²) in [5.74, 6) is 1.23. The molecule has 3 rings (SSSR count). The minimum Gasteiger partial charge on any atom is -0.357 e. The zero-order valence-electron chi connectivity index (χ0n) is 15.1. The SMILES string of the molecule is CCN1CC(C(=O)NCC2CCN(c3ccc(C#N)cn3)CC2)CC1=O. The molecule has 2 aliphatic heterocycles. The van der Waals surface area contributed by atoms with Crippen molar-refractivity contribution in [3.8, 4) is 6.07 Å². The van der Waals surface area contributed by atoms with E-state index in [9.17, 15) is 9.59 Å². The second kappa shape index (κ2) is 8.17. The van der Waals surface area contributed by atoms with Crippen molar-refractivity contribution >= 4 is 17.6 Å². The smallest absolute Gasteiger partial charge is 0.225 e. The van der Waals surface area contributed by atoms with Crippen LogP contribution in [0.15, 0.2) is 18.3 Å². The molecule has 3 heterocycles. The molecule has 1 unspecified atom stereocenters. The summed E-state index contributed by atoms with van der Waals surface area (Å²) >= 11 is 0. The Morgan fingerprint density at radius 1 is 1.38 bits per heavy atom. The molecule has 26 heavy (non-hydrogen) atoms. The van der Waals surface area contributed by atoms with Crippen molar-refractivity contribution in [2.24, 2.45) is 11.8 Å². The minimum atomic E-state index is -0.203. The van der Waals surface area contributed by atoms with Gasteiger partial charge in [-0.15, -0.1) is 0 Å². The van der Waals surface area contributed by atoms with E-state index < -0.39 is 0 Å². The van der Waals surface area contributed by atoms with Crippen molar-refractivity contribution in [1.29, 1.82) is 5.26 Å². The summed E-state index contributed by atoms with van der Waals surface area (Å²) in [6, 6.07) is 5.75. The number of pyridine rings is 1. The van der Waals surface area contributed by atoms with Gasteiger partial charge in [0, 0.05) is 45.3 Å². The third-order valence-corrected chi connectivity index (χ3v) is 5.35. The van der Waals surface area contributed by atoms with Gasteiger partial charge in [-0.1, -0.05) is 0 Å². The Labute approximate surface area is 154 Å². The molecular weight excluding hydrogens is 330 g/mol. The second-order valence-electron chi connectivity index (χ2n) is 7.03. The number of nitrogens with zero attached hydrogens (tertiary/aromatic N) is 4. The molecule has 1 aromatic heterocycles. The van der Waals surface area contributed by atoms with Gasteiger partial charge in [0.1, 0.15) is 11.9 Å². The Hall–Kier alpha value is -2.62. The first-order chi connectivity index (χ1) is 12.6. The van der Waals surface area contributed by atoms with Gasteiger partial charge in [0.2, 0.25) is 11.8 Å². The average Bonchev–Trinajstić information content (AvgIpc) is 3.07. The molecule has 7 nitrogen and oxygen atoms in total. The van der Waals surface area contributed by atoms with Crippen LogP contribution < -0.4 is 10.2 Å². The Kier molecular flexibility index (Phi) is 5.71. The summed E-state index contributed by atoms with van der Waals surface area (Å²) in [7, 11) is 0. The van der Waals surface area contributed by atoms with Gasteiger partial charge >= 0.3 is 0 Å². The molecule has 2 fully saturated rings. The van der Waals surface area contributed by atoms with Crippen molar-refractivity contribution in [3.63, 3.8) is 0 Å². The molecule has 138 valence electrons. The number of anilines is 1. The molecule has 0 saturated carbocycles. The maximum Gasteiger partial charge on any atom is 0.225 e. The molecule has 0 aromatic carbocycles. The van der Waals surface area contributed by atoms with Crippen LogP contribution in [0.1, 0.15) is 31.7 Å². The summed E-state index contributed by atoms with van der Waals surface area (Å²) in [5.41, 5.74) is 0.568. The number of carbonyl (C=O) groups excluding carboxylic acids is 2. The minimum absolute atomic E-state index is 0.00508. The summed E-state index contributed by atoms with van der Waals surface area (Å²) in [5, 5.41) is 11.9. The molecule has 2 aliphatic rings. The van der Waals surface area contributed by atoms with Crippen LogP contribution in [0, 0.1) is 23.2 Å². The van der Waals surface area contributed by atoms with Gasteiger partial charge in [0.05, 0.1) is 11.5 Å². The standard InChI is InChI=1S/C19H25N5O2/c1-2-23-13-16(9-18(23)25)19(26)22-11-14-5-7-24(8-6-14)17-4-3-15(10-20)12-21-17/h3-4,12,14,16H,2,5-9,11,13H2,1H3,(H,22,26). The number of nitriles is 1. The van der Waals surface area contributed by atoms with Crippen molar-refractivity contribution in [1.82, 2.24) is 15.2 Å². The highest BCUT2D eigenvalue weighted by Gasteiger charge is 2.33. The molecule has 1 atom stereocenters. The Morgan fingerprint density at radius 3 is 2.73 bits per heavy atom. The molecular formula is C19H25N5O2. The lowest BCUT2D eigenvalue weighted by atomic mass is 9.96. The zero-order chi connectivity index (χ0) is 18.5. The van der Waals surface area contributed by atoms with Crippen LogP contribution in [0.25, 0.3) is 0 Å². The topological polar surface area (TPSA) is 89.3 Å². The van der Waals surface area contributed by atoms with E-state index in [4.69, 9.17) is 5.26 Å². The number of amides is 2. The molecule has 0 bridgehead atoms. The fraction of sp³-hybridized carbons (Fsp3) is 0.579. The van der Waals surface area contributed by atoms with E-state index in [-0.39, 0.29) is 17.7 Å². The van der Waals surface area contributed by atoms with Crippen LogP contribution >= 0.6 is 0 Å². The number of carbonyl (C=O) groups is 2. The van der Waals surface area contributed by atoms with Crippen LogP contribution in [-0.4, -0.2) is 54.4 Å². The quantitative estimate of drug-likeness (QED) is 0.856. The van der Waals surface area contributed by atoms with E-state index in [0.29, 0.717) is 37.5 Å². The third kappa shape index (κ3) is 4.13. The highest BCUT2D eigenvalue weighted by atomic mass is 16.2. The van der Waals surface area contributed by atoms with Gasteiger partial charge in [0.25, 0.3) is 0 Å². The van der Waals surface area contributed by atoms with Gasteiger partial charge < -0.3 is 15.1 Å². The van der Waals surface area contributed by atoms with Crippen molar-refractivity contribution in [3.05, 3.63) is 23.9 Å². The maximum atomic E-state index is 12.3. The van der Waals surface area contributed by atoms with Gasteiger partial charge in [-0.25, -0.2) is 4.98 Å². The molecule has 0 radical (unpaired) electrons. The van der Waals surface area contributed by atoms with E-state index in [0.717, 1.165) is 31.7 Å². The van der Waals surface area contributed by atoms with E-state index in [2.05, 4.69) is 21.3 Å². The van der Waals surface area contributed by atoms with Crippen molar-refractivity contribution in [2.45, 2.75) is 26.2 Å². The van der Waals surface area contributed by atoms with E-state index >= 15 is 0 Å². The Morgan fingerprint density at radius 2 is 2.15 bits per heavy atom. The lowest BCUT2D eigenvalue weighted by Crippen LogP contribution is -2.40. The zero-order valence-corrected chi connectivity index (χ0v) is 15.1. The molecule has 1 N–H and O–H groups in total. The van der Waals surface area contributed by atoms with Gasteiger partial charge in [-0.05, 0) is 37.8 Å². The van der Waals surface area contributed by atoms with Gasteiger partial charge in [-0.2, -0.15) is 5.26 Å².